The Labute approximate surface area is 146 Å². The van der Waals surface area contributed by atoms with Crippen molar-refractivity contribution in [3.05, 3.63) is 54.1 Å². The predicted molar refractivity (Wildman–Crippen MR) is 102 cm³/mol. The highest BCUT2D eigenvalue weighted by Crippen LogP contribution is 2.42. The molecule has 0 amide bonds. The lowest BCUT2D eigenvalue weighted by atomic mass is 10.0. The second-order valence-corrected chi connectivity index (χ2v) is 6.74. The van der Waals surface area contributed by atoms with E-state index in [9.17, 15) is 0 Å². The van der Waals surface area contributed by atoms with Crippen LogP contribution in [0.25, 0.3) is 32.8 Å². The molecule has 1 aliphatic heterocycles. The molecule has 1 aliphatic rings. The number of hydrogen-bond donors (Lipinski definition) is 0. The first-order chi connectivity index (χ1) is 11.3. The molecule has 3 aromatic carbocycles. The molecule has 0 saturated carbocycles. The van der Waals surface area contributed by atoms with Crippen LogP contribution in [0.4, 0.5) is 0 Å². The molecule has 23 heavy (non-hydrogen) atoms. The molecule has 1 aromatic heterocycles. The number of rotatable bonds is 1. The van der Waals surface area contributed by atoms with Gasteiger partial charge in [-0.15, -0.1) is 0 Å². The van der Waals surface area contributed by atoms with Crippen molar-refractivity contribution >= 4 is 55.4 Å². The quantitative estimate of drug-likeness (QED) is 0.197. The van der Waals surface area contributed by atoms with Gasteiger partial charge in [0.05, 0.1) is 22.1 Å². The summed E-state index contributed by atoms with van der Waals surface area (Å²) in [5.74, 6) is 0.999. The zero-order valence-corrected chi connectivity index (χ0v) is 14.4. The van der Waals surface area contributed by atoms with E-state index in [0.29, 0.717) is 0 Å². The molecule has 112 valence electrons. The summed E-state index contributed by atoms with van der Waals surface area (Å²) in [5, 5.41) is 2.26. The summed E-state index contributed by atoms with van der Waals surface area (Å²) in [6.45, 7) is 0. The first-order valence-corrected chi connectivity index (χ1v) is 9.20. The van der Waals surface area contributed by atoms with Crippen molar-refractivity contribution in [2.45, 2.75) is 12.5 Å². The number of halogens is 1. The Hall–Kier alpha value is -1.95. The van der Waals surface area contributed by atoms with E-state index in [-0.39, 0.29) is 6.10 Å². The van der Waals surface area contributed by atoms with Gasteiger partial charge in [0.2, 0.25) is 0 Å². The van der Waals surface area contributed by atoms with Crippen LogP contribution in [-0.4, -0.2) is 20.5 Å². The van der Waals surface area contributed by atoms with Crippen molar-refractivity contribution in [1.82, 2.24) is 9.97 Å². The Morgan fingerprint density at radius 3 is 2.30 bits per heavy atom. The zero-order chi connectivity index (χ0) is 15.4. The Bertz CT molecular complexity index is 1080. The molecular weight excluding hydrogens is 399 g/mol. The van der Waals surface area contributed by atoms with E-state index in [0.717, 1.165) is 49.4 Å². The Morgan fingerprint density at radius 1 is 0.913 bits per heavy atom. The number of hydrogen-bond acceptors (Lipinski definition) is 3. The lowest BCUT2D eigenvalue weighted by Gasteiger charge is -2.10. The van der Waals surface area contributed by atoms with E-state index in [4.69, 9.17) is 14.7 Å². The van der Waals surface area contributed by atoms with Gasteiger partial charge in [-0.2, -0.15) is 0 Å². The molecule has 0 N–H and O–H groups in total. The van der Waals surface area contributed by atoms with Crippen LogP contribution in [0.5, 0.6) is 5.75 Å². The number of benzene rings is 3. The minimum atomic E-state index is 0.230. The molecule has 3 nitrogen and oxygen atoms in total. The molecular formula is C19H13IN2O. The maximum Gasteiger partial charge on any atom is 0.133 e. The first-order valence-electron chi connectivity index (χ1n) is 7.68. The number of ether oxygens (including phenoxy) is 1. The van der Waals surface area contributed by atoms with Gasteiger partial charge < -0.3 is 4.74 Å². The molecule has 4 heteroatoms. The molecule has 2 heterocycles. The standard InChI is InChI=1S/C19H13IN2O/c20-10-11-9-14-18-17(21-15-7-3-4-8-16(15)22-18)12-5-1-2-6-13(12)19(14)23-11/h1-8,11H,9-10H2. The van der Waals surface area contributed by atoms with E-state index in [1.54, 1.807) is 0 Å². The summed E-state index contributed by atoms with van der Waals surface area (Å²) in [7, 11) is 0. The van der Waals surface area contributed by atoms with Gasteiger partial charge in [0.25, 0.3) is 0 Å². The van der Waals surface area contributed by atoms with Crippen molar-refractivity contribution in [2.24, 2.45) is 0 Å². The van der Waals surface area contributed by atoms with E-state index in [2.05, 4.69) is 46.9 Å². The minimum absolute atomic E-state index is 0.230. The van der Waals surface area contributed by atoms with Crippen LogP contribution >= 0.6 is 22.6 Å². The number of nitrogens with zero attached hydrogens (tertiary/aromatic N) is 2. The van der Waals surface area contributed by atoms with Crippen molar-refractivity contribution in [2.75, 3.05) is 4.43 Å². The Kier molecular flexibility index (Phi) is 2.95. The molecule has 0 aliphatic carbocycles. The fourth-order valence-corrected chi connectivity index (χ4v) is 3.89. The average Bonchev–Trinajstić information content (AvgIpc) is 3.05. The van der Waals surface area contributed by atoms with Crippen LogP contribution in [-0.2, 0) is 6.42 Å². The smallest absolute Gasteiger partial charge is 0.133 e. The number of aromatic nitrogens is 2. The lowest BCUT2D eigenvalue weighted by molar-refractivity contribution is 0.265. The van der Waals surface area contributed by atoms with Gasteiger partial charge in [-0.1, -0.05) is 59.0 Å². The van der Waals surface area contributed by atoms with Gasteiger partial charge >= 0.3 is 0 Å². The van der Waals surface area contributed by atoms with Crippen molar-refractivity contribution in [3.63, 3.8) is 0 Å². The second-order valence-electron chi connectivity index (χ2n) is 5.86. The van der Waals surface area contributed by atoms with Crippen LogP contribution in [0, 0.1) is 0 Å². The van der Waals surface area contributed by atoms with E-state index in [1.165, 1.54) is 5.56 Å². The summed E-state index contributed by atoms with van der Waals surface area (Å²) < 4.78 is 7.19. The normalized spacial score (nSPS) is 16.8. The maximum absolute atomic E-state index is 6.21. The summed E-state index contributed by atoms with van der Waals surface area (Å²) in [6.07, 6.45) is 1.14. The van der Waals surface area contributed by atoms with Crippen molar-refractivity contribution in [1.29, 1.82) is 0 Å². The Balaban J connectivity index is 1.99. The molecule has 1 unspecified atom stereocenters. The fourth-order valence-electron chi connectivity index (χ4n) is 3.40. The largest absolute Gasteiger partial charge is 0.488 e. The fraction of sp³-hybridized carbons (Fsp3) is 0.158. The highest BCUT2D eigenvalue weighted by atomic mass is 127. The maximum atomic E-state index is 6.21. The predicted octanol–water partition coefficient (Wildman–Crippen LogP) is 4.67. The number of fused-ring (bicyclic) bond motifs is 7. The molecule has 1 atom stereocenters. The summed E-state index contributed by atoms with van der Waals surface area (Å²) in [4.78, 5) is 9.84. The number of para-hydroxylation sites is 2. The third-order valence-electron chi connectivity index (χ3n) is 4.45. The van der Waals surface area contributed by atoms with E-state index >= 15 is 0 Å². The molecule has 0 fully saturated rings. The lowest BCUT2D eigenvalue weighted by Crippen LogP contribution is -2.13. The first kappa shape index (κ1) is 13.5. The summed E-state index contributed by atoms with van der Waals surface area (Å²) >= 11 is 2.39. The molecule has 0 saturated heterocycles. The zero-order valence-electron chi connectivity index (χ0n) is 12.3. The molecule has 4 aromatic rings. The van der Waals surface area contributed by atoms with E-state index in [1.807, 2.05) is 24.3 Å². The van der Waals surface area contributed by atoms with Gasteiger partial charge in [-0.3, -0.25) is 0 Å². The Morgan fingerprint density at radius 2 is 1.57 bits per heavy atom. The monoisotopic (exact) mass is 412 g/mol. The van der Waals surface area contributed by atoms with Crippen LogP contribution < -0.4 is 4.74 Å². The van der Waals surface area contributed by atoms with Crippen LogP contribution in [0.15, 0.2) is 48.5 Å². The molecule has 0 radical (unpaired) electrons. The topological polar surface area (TPSA) is 35.0 Å². The van der Waals surface area contributed by atoms with Crippen molar-refractivity contribution in [3.8, 4) is 5.75 Å². The van der Waals surface area contributed by atoms with Crippen LogP contribution in [0.1, 0.15) is 5.56 Å². The number of alkyl halides is 1. The third-order valence-corrected chi connectivity index (χ3v) is 5.43. The molecule has 0 spiro atoms. The molecule has 0 bridgehead atoms. The minimum Gasteiger partial charge on any atom is -0.488 e. The van der Waals surface area contributed by atoms with Crippen molar-refractivity contribution < 1.29 is 4.74 Å². The molecule has 5 rings (SSSR count). The third kappa shape index (κ3) is 1.94. The summed E-state index contributed by atoms with van der Waals surface area (Å²) in [5.41, 5.74) is 5.06. The van der Waals surface area contributed by atoms with Gasteiger partial charge in [0, 0.05) is 27.2 Å². The summed E-state index contributed by atoms with van der Waals surface area (Å²) in [6, 6.07) is 16.4. The van der Waals surface area contributed by atoms with Gasteiger partial charge in [0.1, 0.15) is 11.9 Å². The highest BCUT2D eigenvalue weighted by Gasteiger charge is 2.28. The average molecular weight is 412 g/mol. The van der Waals surface area contributed by atoms with Gasteiger partial charge in [-0.25, -0.2) is 9.97 Å². The van der Waals surface area contributed by atoms with Crippen LogP contribution in [0.2, 0.25) is 0 Å². The highest BCUT2D eigenvalue weighted by molar-refractivity contribution is 14.1. The van der Waals surface area contributed by atoms with Crippen LogP contribution in [0.3, 0.4) is 0 Å². The van der Waals surface area contributed by atoms with Gasteiger partial charge in [0.15, 0.2) is 0 Å². The SMILES string of the molecule is ICC1Cc2c(c3ccccc3c3nc4ccccc4nc23)O1. The van der Waals surface area contributed by atoms with E-state index < -0.39 is 0 Å². The van der Waals surface area contributed by atoms with Gasteiger partial charge in [-0.05, 0) is 12.1 Å². The second kappa shape index (κ2) is 5.03.